The van der Waals surface area contributed by atoms with Gasteiger partial charge in [0.1, 0.15) is 5.54 Å². The predicted octanol–water partition coefficient (Wildman–Crippen LogP) is 2.86. The van der Waals surface area contributed by atoms with Crippen LogP contribution in [0.15, 0.2) is 36.1 Å². The van der Waals surface area contributed by atoms with Gasteiger partial charge in [0.25, 0.3) is 0 Å². The smallest absolute Gasteiger partial charge is 0.337 e. The molecule has 3 heterocycles. The number of carbonyl (C=O) groups excluding carboxylic acids is 2. The highest BCUT2D eigenvalue weighted by molar-refractivity contribution is 6.14. The van der Waals surface area contributed by atoms with Crippen LogP contribution in [0.4, 0.5) is 5.69 Å². The molecule has 0 bridgehead atoms. The maximum Gasteiger partial charge on any atom is 0.337 e. The van der Waals surface area contributed by atoms with E-state index in [2.05, 4.69) is 17.1 Å². The Morgan fingerprint density at radius 2 is 2.14 bits per heavy atom. The van der Waals surface area contributed by atoms with Crippen LogP contribution in [0.1, 0.15) is 36.5 Å². The summed E-state index contributed by atoms with van der Waals surface area (Å²) in [6.07, 6.45) is 4.00. The number of para-hydroxylation sites is 1. The van der Waals surface area contributed by atoms with Crippen LogP contribution in [-0.2, 0) is 14.3 Å². The molecule has 1 spiro atoms. The van der Waals surface area contributed by atoms with Crippen LogP contribution in [0.5, 0.6) is 0 Å². The Morgan fingerprint density at radius 1 is 1.36 bits per heavy atom. The quantitative estimate of drug-likeness (QED) is 0.489. The minimum Gasteiger partial charge on any atom is -0.504 e. The van der Waals surface area contributed by atoms with Gasteiger partial charge in [0.15, 0.2) is 5.78 Å². The molecule has 0 radical (unpaired) electrons. The van der Waals surface area contributed by atoms with Gasteiger partial charge in [-0.3, -0.25) is 9.69 Å². The minimum absolute atomic E-state index is 0.00642. The van der Waals surface area contributed by atoms with Gasteiger partial charge in [0.2, 0.25) is 0 Å². The Bertz CT molecular complexity index is 821. The molecular weight excluding hydrogens is 356 g/mol. The molecule has 6 nitrogen and oxygen atoms in total. The number of Topliss-reactive ketones (excluding diaryl/α,β-unsaturated/α-hetero) is 1. The fraction of sp³-hybridized carbons (Fsp3) is 0.545. The SMILES string of the molecule is CC[C@@H]1CN2CC[C@]3(Nc4ccccc4C3=O)C2C[C@@H]1/C(=C\OC)C(=O)OC. The number of nitrogens with zero attached hydrogens (tertiary/aromatic N) is 1. The topological polar surface area (TPSA) is 67.9 Å². The highest BCUT2D eigenvalue weighted by Crippen LogP contribution is 2.48. The van der Waals surface area contributed by atoms with E-state index >= 15 is 0 Å². The van der Waals surface area contributed by atoms with Crippen LogP contribution in [0.3, 0.4) is 0 Å². The second kappa shape index (κ2) is 7.24. The van der Waals surface area contributed by atoms with E-state index in [0.29, 0.717) is 11.5 Å². The lowest BCUT2D eigenvalue weighted by Crippen LogP contribution is -2.57. The Balaban J connectivity index is 1.68. The van der Waals surface area contributed by atoms with E-state index in [-0.39, 0.29) is 23.7 Å². The minimum atomic E-state index is -0.602. The number of esters is 1. The zero-order chi connectivity index (χ0) is 19.9. The number of rotatable bonds is 4. The third kappa shape index (κ3) is 2.73. The van der Waals surface area contributed by atoms with Crippen molar-refractivity contribution in [2.75, 3.05) is 32.6 Å². The standard InChI is InChI=1S/C22H28N2O4/c1-4-14-12-24-10-9-22(20(25)15-7-5-6-8-18(15)23-22)19(24)11-16(14)17(13-27-2)21(26)28-3/h5-8,13-14,16,19,23H,4,9-12H2,1-3H3/b17-13+/t14-,16+,19?,22+/m1/s1. The summed E-state index contributed by atoms with van der Waals surface area (Å²) >= 11 is 0. The predicted molar refractivity (Wildman–Crippen MR) is 106 cm³/mol. The maximum atomic E-state index is 13.4. The Morgan fingerprint density at radius 3 is 2.82 bits per heavy atom. The van der Waals surface area contributed by atoms with Gasteiger partial charge in [-0.2, -0.15) is 0 Å². The van der Waals surface area contributed by atoms with Crippen molar-refractivity contribution in [3.05, 3.63) is 41.7 Å². The number of benzene rings is 1. The third-order valence-corrected chi connectivity index (χ3v) is 6.84. The number of anilines is 1. The molecule has 150 valence electrons. The van der Waals surface area contributed by atoms with Gasteiger partial charge >= 0.3 is 5.97 Å². The van der Waals surface area contributed by atoms with Crippen LogP contribution in [0.25, 0.3) is 0 Å². The number of piperidine rings is 1. The third-order valence-electron chi connectivity index (χ3n) is 6.84. The molecule has 1 N–H and O–H groups in total. The van der Waals surface area contributed by atoms with Crippen molar-refractivity contribution in [1.82, 2.24) is 4.90 Å². The summed E-state index contributed by atoms with van der Waals surface area (Å²) in [5.74, 6) is 0.164. The van der Waals surface area contributed by atoms with Crippen LogP contribution in [0.2, 0.25) is 0 Å². The molecular formula is C22H28N2O4. The van der Waals surface area contributed by atoms with Crippen LogP contribution >= 0.6 is 0 Å². The van der Waals surface area contributed by atoms with Crippen molar-refractivity contribution in [2.24, 2.45) is 11.8 Å². The van der Waals surface area contributed by atoms with E-state index in [1.165, 1.54) is 13.4 Å². The zero-order valence-corrected chi connectivity index (χ0v) is 16.7. The van der Waals surface area contributed by atoms with Gasteiger partial charge in [0, 0.05) is 30.4 Å². The average Bonchev–Trinajstić information content (AvgIpc) is 3.23. The van der Waals surface area contributed by atoms with Crippen molar-refractivity contribution in [3.8, 4) is 0 Å². The monoisotopic (exact) mass is 384 g/mol. The molecule has 3 aliphatic rings. The molecule has 0 saturated carbocycles. The van der Waals surface area contributed by atoms with Crippen LogP contribution in [0, 0.1) is 11.8 Å². The van der Waals surface area contributed by atoms with E-state index in [9.17, 15) is 9.59 Å². The lowest BCUT2D eigenvalue weighted by atomic mass is 9.72. The maximum absolute atomic E-state index is 13.4. The average molecular weight is 384 g/mol. The summed E-state index contributed by atoms with van der Waals surface area (Å²) in [7, 11) is 2.95. The number of ketones is 1. The summed E-state index contributed by atoms with van der Waals surface area (Å²) in [5, 5.41) is 3.57. The van der Waals surface area contributed by atoms with E-state index in [1.54, 1.807) is 7.11 Å². The number of hydrogen-bond acceptors (Lipinski definition) is 6. The van der Waals surface area contributed by atoms with Gasteiger partial charge in [-0.15, -0.1) is 0 Å². The lowest BCUT2D eigenvalue weighted by molar-refractivity contribution is -0.137. The second-order valence-corrected chi connectivity index (χ2v) is 8.04. The van der Waals surface area contributed by atoms with Crippen molar-refractivity contribution < 1.29 is 19.1 Å². The molecule has 4 rings (SSSR count). The highest BCUT2D eigenvalue weighted by atomic mass is 16.5. The normalized spacial score (nSPS) is 32.0. The van der Waals surface area contributed by atoms with E-state index < -0.39 is 5.54 Å². The van der Waals surface area contributed by atoms with E-state index in [4.69, 9.17) is 9.47 Å². The second-order valence-electron chi connectivity index (χ2n) is 8.04. The highest BCUT2D eigenvalue weighted by Gasteiger charge is 2.59. The molecule has 6 heteroatoms. The molecule has 0 amide bonds. The number of carbonyl (C=O) groups is 2. The Hall–Kier alpha value is -2.34. The summed E-state index contributed by atoms with van der Waals surface area (Å²) in [4.78, 5) is 28.3. The van der Waals surface area contributed by atoms with Gasteiger partial charge in [-0.25, -0.2) is 4.79 Å². The van der Waals surface area contributed by atoms with Gasteiger partial charge in [0.05, 0.1) is 26.1 Å². The summed E-state index contributed by atoms with van der Waals surface area (Å²) < 4.78 is 10.2. The molecule has 1 unspecified atom stereocenters. The molecule has 1 aromatic rings. The lowest BCUT2D eigenvalue weighted by Gasteiger charge is -2.45. The first-order chi connectivity index (χ1) is 13.6. The largest absolute Gasteiger partial charge is 0.504 e. The number of ether oxygens (including phenoxy) is 2. The van der Waals surface area contributed by atoms with Crippen molar-refractivity contribution in [3.63, 3.8) is 0 Å². The number of fused-ring (bicyclic) bond motifs is 3. The number of methoxy groups -OCH3 is 2. The van der Waals surface area contributed by atoms with Gasteiger partial charge in [-0.1, -0.05) is 25.5 Å². The first-order valence-corrected chi connectivity index (χ1v) is 10.0. The van der Waals surface area contributed by atoms with Gasteiger partial charge in [-0.05, 0) is 36.8 Å². The number of hydrogen-bond donors (Lipinski definition) is 1. The summed E-state index contributed by atoms with van der Waals surface area (Å²) in [6, 6.07) is 7.80. The molecule has 0 aromatic heterocycles. The molecule has 28 heavy (non-hydrogen) atoms. The summed E-state index contributed by atoms with van der Waals surface area (Å²) in [5.41, 5.74) is 1.67. The molecule has 3 aliphatic heterocycles. The molecule has 0 aliphatic carbocycles. The van der Waals surface area contributed by atoms with Gasteiger partial charge < -0.3 is 14.8 Å². The molecule has 2 fully saturated rings. The van der Waals surface area contributed by atoms with Crippen molar-refractivity contribution in [1.29, 1.82) is 0 Å². The van der Waals surface area contributed by atoms with E-state index in [1.807, 2.05) is 24.3 Å². The zero-order valence-electron chi connectivity index (χ0n) is 16.7. The molecule has 4 atom stereocenters. The van der Waals surface area contributed by atoms with E-state index in [0.717, 1.165) is 43.6 Å². The van der Waals surface area contributed by atoms with Crippen molar-refractivity contribution in [2.45, 2.75) is 37.8 Å². The van der Waals surface area contributed by atoms with Crippen LogP contribution in [-0.4, -0.2) is 55.5 Å². The van der Waals surface area contributed by atoms with Crippen molar-refractivity contribution >= 4 is 17.4 Å². The molecule has 2 saturated heterocycles. The van der Waals surface area contributed by atoms with Crippen LogP contribution < -0.4 is 5.32 Å². The first kappa shape index (κ1) is 19.0. The number of nitrogens with one attached hydrogen (secondary N) is 1. The first-order valence-electron chi connectivity index (χ1n) is 10.0. The fourth-order valence-corrected chi connectivity index (χ4v) is 5.45. The summed E-state index contributed by atoms with van der Waals surface area (Å²) in [6.45, 7) is 3.92. The Kier molecular flexibility index (Phi) is 4.91. The Labute approximate surface area is 165 Å². The molecule has 1 aromatic carbocycles. The fourth-order valence-electron chi connectivity index (χ4n) is 5.45.